The number of benzene rings is 2. The number of amides is 1. The molecule has 1 heterocycles. The molecule has 2 N–H and O–H groups in total. The second-order valence-corrected chi connectivity index (χ2v) is 5.37. The van der Waals surface area contributed by atoms with Crippen molar-refractivity contribution < 1.29 is 9.59 Å². The summed E-state index contributed by atoms with van der Waals surface area (Å²) in [4.78, 5) is 31.8. The largest absolute Gasteiger partial charge is 0.324 e. The molecule has 0 aliphatic rings. The van der Waals surface area contributed by atoms with Gasteiger partial charge in [0.15, 0.2) is 5.78 Å². The zero-order chi connectivity index (χ0) is 17.6. The van der Waals surface area contributed by atoms with Gasteiger partial charge in [-0.1, -0.05) is 18.2 Å². The molecule has 0 spiro atoms. The Bertz CT molecular complexity index is 876. The van der Waals surface area contributed by atoms with Crippen molar-refractivity contribution in [2.24, 2.45) is 0 Å². The molecule has 0 radical (unpaired) electrons. The third kappa shape index (κ3) is 4.26. The number of nitrogens with one attached hydrogen (secondary N) is 2. The molecule has 0 unspecified atom stereocenters. The Morgan fingerprint density at radius 3 is 2.04 bits per heavy atom. The molecule has 0 saturated heterocycles. The monoisotopic (exact) mass is 332 g/mol. The highest BCUT2D eigenvalue weighted by molar-refractivity contribution is 6.04. The predicted molar refractivity (Wildman–Crippen MR) is 96.2 cm³/mol. The highest BCUT2D eigenvalue weighted by atomic mass is 16.1. The fourth-order valence-corrected chi connectivity index (χ4v) is 2.15. The maximum Gasteiger partial charge on any atom is 0.258 e. The van der Waals surface area contributed by atoms with Crippen molar-refractivity contribution in [1.82, 2.24) is 9.97 Å². The van der Waals surface area contributed by atoms with E-state index in [1.54, 1.807) is 24.3 Å². The first-order valence-corrected chi connectivity index (χ1v) is 7.68. The fraction of sp³-hybridized carbons (Fsp3) is 0.0526. The molecule has 1 amide bonds. The number of hydrogen-bond acceptors (Lipinski definition) is 5. The average Bonchev–Trinajstić information content (AvgIpc) is 2.63. The van der Waals surface area contributed by atoms with Crippen molar-refractivity contribution in [1.29, 1.82) is 0 Å². The fourth-order valence-electron chi connectivity index (χ4n) is 2.15. The number of carbonyl (C=O) groups is 2. The molecular weight excluding hydrogens is 316 g/mol. The van der Waals surface area contributed by atoms with Gasteiger partial charge >= 0.3 is 0 Å². The van der Waals surface area contributed by atoms with Crippen molar-refractivity contribution in [2.75, 3.05) is 10.6 Å². The quantitative estimate of drug-likeness (QED) is 0.696. The third-order valence-electron chi connectivity index (χ3n) is 3.49. The van der Waals surface area contributed by atoms with E-state index in [1.807, 2.05) is 30.3 Å². The van der Waals surface area contributed by atoms with Crippen molar-refractivity contribution >= 4 is 29.0 Å². The lowest BCUT2D eigenvalue weighted by Crippen LogP contribution is -2.13. The van der Waals surface area contributed by atoms with Crippen LogP contribution in [0.2, 0.25) is 0 Å². The van der Waals surface area contributed by atoms with Crippen LogP contribution < -0.4 is 10.6 Å². The lowest BCUT2D eigenvalue weighted by Gasteiger charge is -2.07. The predicted octanol–water partition coefficient (Wildman–Crippen LogP) is 3.68. The molecule has 124 valence electrons. The standard InChI is InChI=1S/C19H16N4O2/c1-13(24)14-7-9-17(10-8-14)22-18(25)15-11-20-19(21-12-15)23-16-5-3-2-4-6-16/h2-12H,1H3,(H,22,25)(H,20,21,23). The van der Waals surface area contributed by atoms with Crippen LogP contribution in [0.3, 0.4) is 0 Å². The minimum atomic E-state index is -0.318. The van der Waals surface area contributed by atoms with E-state index in [0.29, 0.717) is 22.8 Å². The summed E-state index contributed by atoms with van der Waals surface area (Å²) in [5, 5.41) is 5.79. The van der Waals surface area contributed by atoms with Gasteiger partial charge in [0.25, 0.3) is 5.91 Å². The second-order valence-electron chi connectivity index (χ2n) is 5.37. The first kappa shape index (κ1) is 16.3. The van der Waals surface area contributed by atoms with E-state index in [2.05, 4.69) is 20.6 Å². The zero-order valence-electron chi connectivity index (χ0n) is 13.6. The molecule has 3 aromatic rings. The van der Waals surface area contributed by atoms with Gasteiger partial charge in [-0.05, 0) is 43.3 Å². The second kappa shape index (κ2) is 7.35. The molecule has 2 aromatic carbocycles. The van der Waals surface area contributed by atoms with Gasteiger partial charge in [-0.15, -0.1) is 0 Å². The van der Waals surface area contributed by atoms with Crippen molar-refractivity contribution in [3.8, 4) is 0 Å². The van der Waals surface area contributed by atoms with E-state index in [4.69, 9.17) is 0 Å². The summed E-state index contributed by atoms with van der Waals surface area (Å²) < 4.78 is 0. The Hall–Kier alpha value is -3.54. The lowest BCUT2D eigenvalue weighted by atomic mass is 10.1. The third-order valence-corrected chi connectivity index (χ3v) is 3.49. The van der Waals surface area contributed by atoms with E-state index in [1.165, 1.54) is 19.3 Å². The Morgan fingerprint density at radius 2 is 1.44 bits per heavy atom. The van der Waals surface area contributed by atoms with Crippen LogP contribution in [0.25, 0.3) is 0 Å². The van der Waals surface area contributed by atoms with Crippen LogP contribution in [-0.2, 0) is 0 Å². The molecule has 0 fully saturated rings. The van der Waals surface area contributed by atoms with Gasteiger partial charge in [0, 0.05) is 29.3 Å². The molecule has 0 bridgehead atoms. The Kier molecular flexibility index (Phi) is 4.80. The first-order valence-electron chi connectivity index (χ1n) is 7.68. The summed E-state index contributed by atoms with van der Waals surface area (Å²) in [5.74, 6) is 0.0724. The number of carbonyl (C=O) groups excluding carboxylic acids is 2. The van der Waals surface area contributed by atoms with Gasteiger partial charge in [-0.25, -0.2) is 9.97 Å². The number of aromatic nitrogens is 2. The minimum Gasteiger partial charge on any atom is -0.324 e. The van der Waals surface area contributed by atoms with Crippen LogP contribution in [0.5, 0.6) is 0 Å². The van der Waals surface area contributed by atoms with Gasteiger partial charge in [0.2, 0.25) is 5.95 Å². The van der Waals surface area contributed by atoms with Crippen molar-refractivity contribution in [3.63, 3.8) is 0 Å². The van der Waals surface area contributed by atoms with E-state index < -0.39 is 0 Å². The highest BCUT2D eigenvalue weighted by Crippen LogP contribution is 2.13. The van der Waals surface area contributed by atoms with Crippen LogP contribution in [-0.4, -0.2) is 21.7 Å². The summed E-state index contributed by atoms with van der Waals surface area (Å²) in [6.07, 6.45) is 2.91. The lowest BCUT2D eigenvalue weighted by molar-refractivity contribution is 0.101. The summed E-state index contributed by atoms with van der Waals surface area (Å²) in [6, 6.07) is 16.2. The van der Waals surface area contributed by atoms with E-state index in [0.717, 1.165) is 5.69 Å². The maximum atomic E-state index is 12.2. The van der Waals surface area contributed by atoms with Crippen LogP contribution in [0, 0.1) is 0 Å². The molecule has 6 heteroatoms. The van der Waals surface area contributed by atoms with Gasteiger partial charge in [0.05, 0.1) is 5.56 Å². The number of nitrogens with zero attached hydrogens (tertiary/aromatic N) is 2. The zero-order valence-corrected chi connectivity index (χ0v) is 13.6. The van der Waals surface area contributed by atoms with Crippen molar-refractivity contribution in [3.05, 3.63) is 78.1 Å². The maximum absolute atomic E-state index is 12.2. The van der Waals surface area contributed by atoms with E-state index in [9.17, 15) is 9.59 Å². The van der Waals surface area contributed by atoms with Gasteiger partial charge < -0.3 is 10.6 Å². The van der Waals surface area contributed by atoms with Gasteiger partial charge in [0.1, 0.15) is 0 Å². The Balaban J connectivity index is 1.65. The molecule has 3 rings (SSSR count). The number of Topliss-reactive ketones (excluding diaryl/α,β-unsaturated/α-hetero) is 1. The SMILES string of the molecule is CC(=O)c1ccc(NC(=O)c2cnc(Nc3ccccc3)nc2)cc1. The first-order chi connectivity index (χ1) is 12.1. The summed E-state index contributed by atoms with van der Waals surface area (Å²) in [5.41, 5.74) is 2.40. The van der Waals surface area contributed by atoms with Crippen molar-refractivity contribution in [2.45, 2.75) is 6.92 Å². The molecule has 0 aliphatic carbocycles. The number of rotatable bonds is 5. The normalized spacial score (nSPS) is 10.1. The van der Waals surface area contributed by atoms with Crippen LogP contribution in [0.1, 0.15) is 27.6 Å². The van der Waals surface area contributed by atoms with Crippen LogP contribution >= 0.6 is 0 Å². The van der Waals surface area contributed by atoms with Gasteiger partial charge in [-0.3, -0.25) is 9.59 Å². The van der Waals surface area contributed by atoms with E-state index >= 15 is 0 Å². The molecule has 6 nitrogen and oxygen atoms in total. The highest BCUT2D eigenvalue weighted by Gasteiger charge is 2.08. The topological polar surface area (TPSA) is 84.0 Å². The smallest absolute Gasteiger partial charge is 0.258 e. The summed E-state index contributed by atoms with van der Waals surface area (Å²) >= 11 is 0. The summed E-state index contributed by atoms with van der Waals surface area (Å²) in [7, 11) is 0. The molecule has 0 atom stereocenters. The number of ketones is 1. The number of para-hydroxylation sites is 1. The minimum absolute atomic E-state index is 0.0206. The molecule has 25 heavy (non-hydrogen) atoms. The number of anilines is 3. The molecule has 0 saturated carbocycles. The Labute approximate surface area is 145 Å². The van der Waals surface area contributed by atoms with Crippen LogP contribution in [0.15, 0.2) is 67.0 Å². The summed E-state index contributed by atoms with van der Waals surface area (Å²) in [6.45, 7) is 1.50. The number of hydrogen-bond donors (Lipinski definition) is 2. The average molecular weight is 332 g/mol. The van der Waals surface area contributed by atoms with Gasteiger partial charge in [-0.2, -0.15) is 0 Å². The molecule has 0 aliphatic heterocycles. The van der Waals surface area contributed by atoms with E-state index in [-0.39, 0.29) is 11.7 Å². The molecule has 1 aromatic heterocycles. The molecular formula is C19H16N4O2. The van der Waals surface area contributed by atoms with Crippen LogP contribution in [0.4, 0.5) is 17.3 Å². The Morgan fingerprint density at radius 1 is 0.800 bits per heavy atom.